The lowest BCUT2D eigenvalue weighted by Crippen LogP contribution is -2.16. The van der Waals surface area contributed by atoms with Gasteiger partial charge in [-0.1, -0.05) is 0 Å². The third kappa shape index (κ3) is 3.00. The Balaban J connectivity index is 1.64. The zero-order chi connectivity index (χ0) is 13.1. The van der Waals surface area contributed by atoms with E-state index in [1.807, 2.05) is 12.1 Å². The van der Waals surface area contributed by atoms with Crippen molar-refractivity contribution in [3.05, 3.63) is 23.3 Å². The molecule has 3 rings (SSSR count). The second-order valence-electron chi connectivity index (χ2n) is 4.93. The Hall–Kier alpha value is -1.30. The monoisotopic (exact) mass is 265 g/mol. The van der Waals surface area contributed by atoms with Crippen molar-refractivity contribution in [1.82, 2.24) is 0 Å². The molecule has 1 unspecified atom stereocenters. The molecule has 104 valence electrons. The Labute approximate surface area is 112 Å². The Morgan fingerprint density at radius 1 is 1.37 bits per heavy atom. The Morgan fingerprint density at radius 3 is 3.16 bits per heavy atom. The second-order valence-corrected chi connectivity index (χ2v) is 4.93. The van der Waals surface area contributed by atoms with Crippen LogP contribution >= 0.6 is 0 Å². The van der Waals surface area contributed by atoms with Crippen LogP contribution in [0.5, 0.6) is 5.75 Å². The molecule has 19 heavy (non-hydrogen) atoms. The maximum atomic E-state index is 5.89. The predicted molar refractivity (Wildman–Crippen MR) is 69.8 cm³/mol. The molecule has 0 aromatic heterocycles. The largest absolute Gasteiger partial charge is 0.467 e. The van der Waals surface area contributed by atoms with E-state index in [0.29, 0.717) is 25.5 Å². The minimum Gasteiger partial charge on any atom is -0.467 e. The fraction of sp³-hybridized carbons (Fsp3) is 0.571. The molecule has 2 heterocycles. The van der Waals surface area contributed by atoms with Crippen LogP contribution in [-0.2, 0) is 27.4 Å². The highest BCUT2D eigenvalue weighted by atomic mass is 16.7. The molecule has 0 spiro atoms. The van der Waals surface area contributed by atoms with E-state index in [2.05, 4.69) is 0 Å². The maximum Gasteiger partial charge on any atom is 0.189 e. The standard InChI is InChI=1S/C14H19NO4/c15-12-4-10(6-16-8-13-2-1-3-18-13)14-11(5-12)7-17-9-19-14/h4-5,13H,1-3,6-9,15H2. The topological polar surface area (TPSA) is 62.9 Å². The van der Waals surface area contributed by atoms with E-state index in [4.69, 9.17) is 24.7 Å². The van der Waals surface area contributed by atoms with E-state index < -0.39 is 0 Å². The van der Waals surface area contributed by atoms with Crippen molar-refractivity contribution in [2.45, 2.75) is 32.2 Å². The molecule has 1 atom stereocenters. The predicted octanol–water partition coefficient (Wildman–Crippen LogP) is 1.83. The lowest BCUT2D eigenvalue weighted by atomic mass is 10.1. The number of hydrogen-bond donors (Lipinski definition) is 1. The summed E-state index contributed by atoms with van der Waals surface area (Å²) in [5.74, 6) is 0.854. The van der Waals surface area contributed by atoms with Crippen molar-refractivity contribution in [3.63, 3.8) is 0 Å². The van der Waals surface area contributed by atoms with Gasteiger partial charge in [0.15, 0.2) is 6.79 Å². The van der Waals surface area contributed by atoms with Gasteiger partial charge in [0.05, 0.1) is 25.9 Å². The highest BCUT2D eigenvalue weighted by Gasteiger charge is 2.18. The molecular formula is C14H19NO4. The maximum absolute atomic E-state index is 5.89. The number of nitrogens with two attached hydrogens (primary N) is 1. The zero-order valence-corrected chi connectivity index (χ0v) is 10.9. The minimum atomic E-state index is 0.237. The van der Waals surface area contributed by atoms with Gasteiger partial charge in [-0.3, -0.25) is 0 Å². The fourth-order valence-electron chi connectivity index (χ4n) is 2.51. The number of hydrogen-bond acceptors (Lipinski definition) is 5. The van der Waals surface area contributed by atoms with E-state index in [-0.39, 0.29) is 12.9 Å². The summed E-state index contributed by atoms with van der Waals surface area (Å²) in [5, 5.41) is 0. The normalized spacial score (nSPS) is 22.0. The molecule has 5 nitrogen and oxygen atoms in total. The molecule has 1 aromatic carbocycles. The van der Waals surface area contributed by atoms with E-state index >= 15 is 0 Å². The summed E-state index contributed by atoms with van der Waals surface area (Å²) in [6, 6.07) is 3.79. The first-order valence-corrected chi connectivity index (χ1v) is 6.64. The number of rotatable bonds is 4. The van der Waals surface area contributed by atoms with Crippen molar-refractivity contribution in [2.24, 2.45) is 0 Å². The molecule has 0 radical (unpaired) electrons. The molecule has 0 bridgehead atoms. The summed E-state index contributed by atoms with van der Waals surface area (Å²) in [4.78, 5) is 0. The summed E-state index contributed by atoms with van der Waals surface area (Å²) in [7, 11) is 0. The van der Waals surface area contributed by atoms with Gasteiger partial charge in [-0.05, 0) is 25.0 Å². The molecule has 1 saturated heterocycles. The van der Waals surface area contributed by atoms with Crippen LogP contribution in [0.15, 0.2) is 12.1 Å². The summed E-state index contributed by atoms with van der Waals surface area (Å²) < 4.78 is 22.0. The van der Waals surface area contributed by atoms with E-state index in [1.165, 1.54) is 0 Å². The average molecular weight is 265 g/mol. The van der Waals surface area contributed by atoms with Gasteiger partial charge < -0.3 is 24.7 Å². The van der Waals surface area contributed by atoms with Crippen LogP contribution in [0.25, 0.3) is 0 Å². The highest BCUT2D eigenvalue weighted by Crippen LogP contribution is 2.31. The van der Waals surface area contributed by atoms with Crippen molar-refractivity contribution in [2.75, 3.05) is 25.7 Å². The molecule has 1 aromatic rings. The first kappa shape index (κ1) is 12.7. The van der Waals surface area contributed by atoms with Crippen molar-refractivity contribution < 1.29 is 18.9 Å². The van der Waals surface area contributed by atoms with E-state index in [9.17, 15) is 0 Å². The molecule has 0 saturated carbocycles. The summed E-state index contributed by atoms with van der Waals surface area (Å²) in [5.41, 5.74) is 8.57. The molecule has 0 amide bonds. The Bertz CT molecular complexity index is 443. The SMILES string of the molecule is Nc1cc2c(c(COCC3CCCO3)c1)OCOC2. The van der Waals surface area contributed by atoms with Crippen LogP contribution in [0.4, 0.5) is 5.69 Å². The molecule has 2 aliphatic heterocycles. The minimum absolute atomic E-state index is 0.237. The molecule has 5 heteroatoms. The molecular weight excluding hydrogens is 246 g/mol. The van der Waals surface area contributed by atoms with Gasteiger partial charge in [-0.2, -0.15) is 0 Å². The quantitative estimate of drug-likeness (QED) is 0.841. The van der Waals surface area contributed by atoms with Gasteiger partial charge in [0.25, 0.3) is 0 Å². The Kier molecular flexibility index (Phi) is 3.87. The summed E-state index contributed by atoms with van der Waals surface area (Å²) >= 11 is 0. The molecule has 2 aliphatic rings. The van der Waals surface area contributed by atoms with Gasteiger partial charge in [0, 0.05) is 23.4 Å². The molecule has 2 N–H and O–H groups in total. The second kappa shape index (κ2) is 5.77. The molecule has 1 fully saturated rings. The lowest BCUT2D eigenvalue weighted by Gasteiger charge is -2.21. The number of anilines is 1. The van der Waals surface area contributed by atoms with E-state index in [1.54, 1.807) is 0 Å². The van der Waals surface area contributed by atoms with Crippen LogP contribution in [-0.4, -0.2) is 26.1 Å². The van der Waals surface area contributed by atoms with Crippen LogP contribution in [0.3, 0.4) is 0 Å². The Morgan fingerprint density at radius 2 is 2.32 bits per heavy atom. The average Bonchev–Trinajstić information content (AvgIpc) is 2.91. The van der Waals surface area contributed by atoms with Gasteiger partial charge in [0.2, 0.25) is 0 Å². The van der Waals surface area contributed by atoms with Crippen molar-refractivity contribution in [3.8, 4) is 5.75 Å². The zero-order valence-electron chi connectivity index (χ0n) is 10.9. The summed E-state index contributed by atoms with van der Waals surface area (Å²) in [6.45, 7) is 2.80. The fourth-order valence-corrected chi connectivity index (χ4v) is 2.51. The number of benzene rings is 1. The van der Waals surface area contributed by atoms with E-state index in [0.717, 1.165) is 36.3 Å². The third-order valence-electron chi connectivity index (χ3n) is 3.39. The highest BCUT2D eigenvalue weighted by molar-refractivity contribution is 5.53. The first-order chi connectivity index (χ1) is 9.33. The van der Waals surface area contributed by atoms with Crippen molar-refractivity contribution >= 4 is 5.69 Å². The van der Waals surface area contributed by atoms with Crippen molar-refractivity contribution in [1.29, 1.82) is 0 Å². The van der Waals surface area contributed by atoms with Crippen LogP contribution in [0.1, 0.15) is 24.0 Å². The smallest absolute Gasteiger partial charge is 0.189 e. The third-order valence-corrected chi connectivity index (χ3v) is 3.39. The van der Waals surface area contributed by atoms with Gasteiger partial charge >= 0.3 is 0 Å². The molecule has 0 aliphatic carbocycles. The van der Waals surface area contributed by atoms with Gasteiger partial charge in [-0.15, -0.1) is 0 Å². The van der Waals surface area contributed by atoms with Crippen LogP contribution in [0, 0.1) is 0 Å². The number of ether oxygens (including phenoxy) is 4. The van der Waals surface area contributed by atoms with Crippen LogP contribution in [0.2, 0.25) is 0 Å². The lowest BCUT2D eigenvalue weighted by molar-refractivity contribution is -0.0205. The van der Waals surface area contributed by atoms with Gasteiger partial charge in [-0.25, -0.2) is 0 Å². The number of fused-ring (bicyclic) bond motifs is 1. The van der Waals surface area contributed by atoms with Gasteiger partial charge in [0.1, 0.15) is 5.75 Å². The van der Waals surface area contributed by atoms with Crippen LogP contribution < -0.4 is 10.5 Å². The summed E-state index contributed by atoms with van der Waals surface area (Å²) in [6.07, 6.45) is 2.45. The number of nitrogen functional groups attached to an aromatic ring is 1. The first-order valence-electron chi connectivity index (χ1n) is 6.64.